The Balaban J connectivity index is 1.74. The van der Waals surface area contributed by atoms with Crippen molar-refractivity contribution in [3.8, 4) is 11.5 Å². The molecule has 3 atom stereocenters. The summed E-state index contributed by atoms with van der Waals surface area (Å²) in [5.41, 5.74) is 2.87. The molecule has 3 aromatic rings. The van der Waals surface area contributed by atoms with Gasteiger partial charge < -0.3 is 20.7 Å². The Labute approximate surface area is 255 Å². The maximum absolute atomic E-state index is 14.0. The number of nitrogens with one attached hydrogen (secondary N) is 3. The third-order valence-corrected chi connectivity index (χ3v) is 7.72. The fourth-order valence-corrected chi connectivity index (χ4v) is 5.48. The number of carbonyl (C=O) groups is 3. The molecule has 3 N–H and O–H groups in total. The number of nitrogens with zero attached hydrogens (tertiary/aromatic N) is 1. The summed E-state index contributed by atoms with van der Waals surface area (Å²) in [6.07, 6.45) is 1.71. The standard InChI is InChI=1S/C35H44N4O4/c1-5-39(6-2)32-23-27-15-11-17-29(21-27)43-28-16-10-14-26(20-28)22-31(34(41)36-24(3)4)38-33(40)30(37-35(32)42)19-18-25-12-8-7-9-13-25/h7-17,20-21,24,30-32H,5-6,18-19,22-23H2,1-4H3,(H,36,41)(H,37,42)(H,38,40)/t30-,31-,32-/m0/s1. The maximum Gasteiger partial charge on any atom is 0.243 e. The van der Waals surface area contributed by atoms with Crippen LogP contribution in [0.25, 0.3) is 0 Å². The molecule has 3 aromatic carbocycles. The first-order chi connectivity index (χ1) is 20.7. The number of amides is 3. The van der Waals surface area contributed by atoms with Gasteiger partial charge >= 0.3 is 0 Å². The van der Waals surface area contributed by atoms with E-state index in [0.29, 0.717) is 43.9 Å². The largest absolute Gasteiger partial charge is 0.457 e. The van der Waals surface area contributed by atoms with Crippen LogP contribution in [0.1, 0.15) is 50.8 Å². The van der Waals surface area contributed by atoms with E-state index in [1.807, 2.05) is 107 Å². The molecule has 4 rings (SSSR count). The molecule has 0 radical (unpaired) electrons. The zero-order valence-electron chi connectivity index (χ0n) is 25.6. The Morgan fingerprint density at radius 2 is 1.49 bits per heavy atom. The van der Waals surface area contributed by atoms with Crippen molar-refractivity contribution in [2.45, 2.75) is 77.5 Å². The third kappa shape index (κ3) is 9.16. The summed E-state index contributed by atoms with van der Waals surface area (Å²) in [7, 11) is 0. The maximum atomic E-state index is 14.0. The average Bonchev–Trinajstić information content (AvgIpc) is 2.99. The SMILES string of the molecule is CCN(CC)[C@H]1Cc2cccc(c2)Oc2cccc(c2)C[C@@H](C(=O)NC(C)C)NC(=O)[C@H](CCc2ccccc2)NC1=O. The summed E-state index contributed by atoms with van der Waals surface area (Å²) in [5.74, 6) is 0.424. The van der Waals surface area contributed by atoms with Crippen LogP contribution in [0.15, 0.2) is 78.9 Å². The lowest BCUT2D eigenvalue weighted by atomic mass is 10.00. The Kier molecular flexibility index (Phi) is 11.3. The molecule has 228 valence electrons. The fraction of sp³-hybridized carbons (Fsp3) is 0.400. The second-order valence-electron chi connectivity index (χ2n) is 11.4. The molecule has 3 amide bonds. The lowest BCUT2D eigenvalue weighted by Crippen LogP contribution is -2.58. The number of hydrogen-bond acceptors (Lipinski definition) is 5. The molecule has 0 spiro atoms. The Morgan fingerprint density at radius 3 is 2.09 bits per heavy atom. The molecule has 0 aliphatic carbocycles. The van der Waals surface area contributed by atoms with Crippen LogP contribution in [0.5, 0.6) is 11.5 Å². The van der Waals surface area contributed by atoms with Crippen molar-refractivity contribution in [1.29, 1.82) is 0 Å². The van der Waals surface area contributed by atoms with Gasteiger partial charge in [-0.3, -0.25) is 19.3 Å². The van der Waals surface area contributed by atoms with Gasteiger partial charge in [0.05, 0.1) is 6.04 Å². The number of aryl methyl sites for hydroxylation is 1. The van der Waals surface area contributed by atoms with E-state index in [1.165, 1.54) is 0 Å². The molecule has 0 unspecified atom stereocenters. The number of benzene rings is 3. The summed E-state index contributed by atoms with van der Waals surface area (Å²) < 4.78 is 6.21. The molecule has 1 heterocycles. The number of rotatable bonds is 8. The van der Waals surface area contributed by atoms with E-state index in [1.54, 1.807) is 0 Å². The van der Waals surface area contributed by atoms with Gasteiger partial charge in [0.1, 0.15) is 23.6 Å². The molecule has 8 nitrogen and oxygen atoms in total. The Hall–Kier alpha value is -4.17. The van der Waals surface area contributed by atoms with E-state index >= 15 is 0 Å². The molecule has 4 bridgehead atoms. The molecular formula is C35H44N4O4. The van der Waals surface area contributed by atoms with E-state index < -0.39 is 18.1 Å². The zero-order chi connectivity index (χ0) is 30.8. The van der Waals surface area contributed by atoms with Gasteiger partial charge in [-0.2, -0.15) is 0 Å². The number of fused-ring (bicyclic) bond motifs is 4. The second-order valence-corrected chi connectivity index (χ2v) is 11.4. The van der Waals surface area contributed by atoms with Gasteiger partial charge in [-0.25, -0.2) is 0 Å². The van der Waals surface area contributed by atoms with Crippen LogP contribution in [-0.4, -0.2) is 59.9 Å². The number of likely N-dealkylation sites (N-methyl/N-ethyl adjacent to an activating group) is 1. The molecule has 1 aliphatic rings. The molecule has 0 saturated carbocycles. The van der Waals surface area contributed by atoms with Crippen LogP contribution in [0, 0.1) is 0 Å². The first-order valence-electron chi connectivity index (χ1n) is 15.3. The van der Waals surface area contributed by atoms with Crippen molar-refractivity contribution in [3.05, 3.63) is 95.6 Å². The van der Waals surface area contributed by atoms with Gasteiger partial charge in [0.2, 0.25) is 17.7 Å². The first-order valence-corrected chi connectivity index (χ1v) is 15.3. The highest BCUT2D eigenvalue weighted by Gasteiger charge is 2.31. The lowest BCUT2D eigenvalue weighted by Gasteiger charge is -2.31. The van der Waals surface area contributed by atoms with Gasteiger partial charge in [-0.1, -0.05) is 68.4 Å². The van der Waals surface area contributed by atoms with Crippen LogP contribution in [0.3, 0.4) is 0 Å². The highest BCUT2D eigenvalue weighted by molar-refractivity contribution is 5.93. The van der Waals surface area contributed by atoms with Crippen molar-refractivity contribution >= 4 is 17.7 Å². The van der Waals surface area contributed by atoms with E-state index in [0.717, 1.165) is 16.7 Å². The van der Waals surface area contributed by atoms with Crippen molar-refractivity contribution < 1.29 is 19.1 Å². The van der Waals surface area contributed by atoms with Crippen LogP contribution in [0.4, 0.5) is 0 Å². The summed E-state index contributed by atoms with van der Waals surface area (Å²) >= 11 is 0. The second kappa shape index (κ2) is 15.3. The quantitative estimate of drug-likeness (QED) is 0.364. The highest BCUT2D eigenvalue weighted by atomic mass is 16.5. The predicted molar refractivity (Wildman–Crippen MR) is 169 cm³/mol. The molecule has 0 saturated heterocycles. The summed E-state index contributed by atoms with van der Waals surface area (Å²) in [6.45, 7) is 9.17. The molecule has 43 heavy (non-hydrogen) atoms. The normalized spacial score (nSPS) is 19.3. The van der Waals surface area contributed by atoms with Gasteiger partial charge in [0.25, 0.3) is 0 Å². The highest BCUT2D eigenvalue weighted by Crippen LogP contribution is 2.25. The minimum Gasteiger partial charge on any atom is -0.457 e. The van der Waals surface area contributed by atoms with Crippen LogP contribution >= 0.6 is 0 Å². The monoisotopic (exact) mass is 584 g/mol. The molecule has 0 fully saturated rings. The summed E-state index contributed by atoms with van der Waals surface area (Å²) in [5, 5.41) is 8.99. The predicted octanol–water partition coefficient (Wildman–Crippen LogP) is 4.41. The number of hydrogen-bond donors (Lipinski definition) is 3. The van der Waals surface area contributed by atoms with Gasteiger partial charge in [-0.05, 0) is 87.2 Å². The fourth-order valence-electron chi connectivity index (χ4n) is 5.48. The van der Waals surface area contributed by atoms with Crippen molar-refractivity contribution in [3.63, 3.8) is 0 Å². The molecule has 1 aliphatic heterocycles. The summed E-state index contributed by atoms with van der Waals surface area (Å²) in [4.78, 5) is 43.3. The zero-order valence-corrected chi connectivity index (χ0v) is 25.6. The van der Waals surface area contributed by atoms with E-state index in [-0.39, 0.29) is 30.2 Å². The van der Waals surface area contributed by atoms with Gasteiger partial charge in [0, 0.05) is 12.5 Å². The molecule has 8 heteroatoms. The Morgan fingerprint density at radius 1 is 0.860 bits per heavy atom. The van der Waals surface area contributed by atoms with Crippen LogP contribution in [-0.2, 0) is 33.6 Å². The summed E-state index contributed by atoms with van der Waals surface area (Å²) in [6, 6.07) is 23.0. The van der Waals surface area contributed by atoms with Crippen molar-refractivity contribution in [1.82, 2.24) is 20.9 Å². The number of carbonyl (C=O) groups excluding carboxylic acids is 3. The minimum absolute atomic E-state index is 0.102. The molecule has 0 aromatic heterocycles. The minimum atomic E-state index is -0.837. The smallest absolute Gasteiger partial charge is 0.243 e. The van der Waals surface area contributed by atoms with E-state index in [9.17, 15) is 14.4 Å². The average molecular weight is 585 g/mol. The van der Waals surface area contributed by atoms with Crippen molar-refractivity contribution in [2.75, 3.05) is 13.1 Å². The van der Waals surface area contributed by atoms with Crippen LogP contribution < -0.4 is 20.7 Å². The lowest BCUT2D eigenvalue weighted by molar-refractivity contribution is -0.134. The Bertz CT molecular complexity index is 1370. The van der Waals surface area contributed by atoms with Crippen LogP contribution in [0.2, 0.25) is 0 Å². The number of ether oxygens (including phenoxy) is 1. The van der Waals surface area contributed by atoms with Gasteiger partial charge in [-0.15, -0.1) is 0 Å². The van der Waals surface area contributed by atoms with Crippen molar-refractivity contribution in [2.24, 2.45) is 0 Å². The van der Waals surface area contributed by atoms with E-state index in [2.05, 4.69) is 20.9 Å². The van der Waals surface area contributed by atoms with E-state index in [4.69, 9.17) is 4.74 Å². The topological polar surface area (TPSA) is 99.8 Å². The first kappa shape index (κ1) is 31.8. The molecular weight excluding hydrogens is 540 g/mol. The van der Waals surface area contributed by atoms with Gasteiger partial charge in [0.15, 0.2) is 0 Å². The third-order valence-electron chi connectivity index (χ3n) is 7.72.